The third-order valence-corrected chi connectivity index (χ3v) is 6.42. The zero-order valence-electron chi connectivity index (χ0n) is 18.3. The molecule has 4 aromatic rings. The number of hydrogen-bond acceptors (Lipinski definition) is 9. The first-order valence-electron chi connectivity index (χ1n) is 11.5. The molecule has 6 rings (SSSR count). The van der Waals surface area contributed by atoms with E-state index in [0.717, 1.165) is 66.8 Å². The fraction of sp³-hybridized carbons (Fsp3) is 0.417. The van der Waals surface area contributed by atoms with Gasteiger partial charge in [0.25, 0.3) is 0 Å². The zero-order chi connectivity index (χ0) is 22.0. The Bertz CT molecular complexity index is 1250. The van der Waals surface area contributed by atoms with E-state index in [-0.39, 0.29) is 6.10 Å². The van der Waals surface area contributed by atoms with Crippen LogP contribution in [0.5, 0.6) is 5.88 Å². The maximum Gasteiger partial charge on any atom is 0.225 e. The second-order valence-corrected chi connectivity index (χ2v) is 8.55. The van der Waals surface area contributed by atoms with Crippen LogP contribution >= 0.6 is 0 Å². The monoisotopic (exact) mass is 446 g/mol. The van der Waals surface area contributed by atoms with E-state index in [1.807, 2.05) is 30.5 Å². The van der Waals surface area contributed by atoms with Gasteiger partial charge in [0.2, 0.25) is 5.88 Å². The molecule has 170 valence electrons. The molecule has 1 aliphatic carbocycles. The average molecular weight is 447 g/mol. The Morgan fingerprint density at radius 1 is 1.00 bits per heavy atom. The second-order valence-electron chi connectivity index (χ2n) is 8.55. The van der Waals surface area contributed by atoms with Crippen molar-refractivity contribution in [2.75, 3.05) is 36.5 Å². The molecule has 9 nitrogen and oxygen atoms in total. The molecule has 9 heteroatoms. The van der Waals surface area contributed by atoms with Gasteiger partial charge in [-0.05, 0) is 37.8 Å². The van der Waals surface area contributed by atoms with Crippen LogP contribution in [0.2, 0.25) is 0 Å². The first-order valence-corrected chi connectivity index (χ1v) is 11.5. The lowest BCUT2D eigenvalue weighted by molar-refractivity contribution is 0.122. The lowest BCUT2D eigenvalue weighted by Crippen LogP contribution is -2.37. The average Bonchev–Trinajstić information content (AvgIpc) is 3.36. The van der Waals surface area contributed by atoms with Gasteiger partial charge in [-0.1, -0.05) is 0 Å². The predicted octanol–water partition coefficient (Wildman–Crippen LogP) is 3.80. The number of nitrogens with zero attached hydrogens (tertiary/aromatic N) is 5. The summed E-state index contributed by atoms with van der Waals surface area (Å²) in [4.78, 5) is 20.3. The SMILES string of the molecule is c1cnc2cc(N3CCOCC3)nc(OC3CCC(Nc4ncnc5ccoc45)CC3)c2c1. The fourth-order valence-electron chi connectivity index (χ4n) is 4.64. The van der Waals surface area contributed by atoms with E-state index in [1.54, 1.807) is 12.6 Å². The fourth-order valence-corrected chi connectivity index (χ4v) is 4.64. The third kappa shape index (κ3) is 4.16. The molecule has 0 spiro atoms. The first kappa shape index (κ1) is 20.2. The Hall–Kier alpha value is -3.46. The summed E-state index contributed by atoms with van der Waals surface area (Å²) < 4.78 is 17.5. The number of furan rings is 1. The van der Waals surface area contributed by atoms with Crippen molar-refractivity contribution < 1.29 is 13.9 Å². The molecule has 0 unspecified atom stereocenters. The van der Waals surface area contributed by atoms with Crippen LogP contribution in [-0.4, -0.2) is 58.4 Å². The highest BCUT2D eigenvalue weighted by atomic mass is 16.5. The summed E-state index contributed by atoms with van der Waals surface area (Å²) in [5, 5.41) is 4.49. The van der Waals surface area contributed by atoms with Crippen molar-refractivity contribution in [3.8, 4) is 5.88 Å². The Balaban J connectivity index is 1.16. The van der Waals surface area contributed by atoms with E-state index in [2.05, 4.69) is 25.2 Å². The van der Waals surface area contributed by atoms with Gasteiger partial charge in [0.05, 0.1) is 30.4 Å². The molecule has 1 aliphatic heterocycles. The number of fused-ring (bicyclic) bond motifs is 2. The molecule has 4 aromatic heterocycles. The highest BCUT2D eigenvalue weighted by molar-refractivity contribution is 5.86. The van der Waals surface area contributed by atoms with Crippen molar-refractivity contribution in [3.05, 3.63) is 43.1 Å². The zero-order valence-corrected chi connectivity index (χ0v) is 18.3. The largest absolute Gasteiger partial charge is 0.474 e. The summed E-state index contributed by atoms with van der Waals surface area (Å²) in [5.74, 6) is 2.33. The van der Waals surface area contributed by atoms with Crippen molar-refractivity contribution in [1.82, 2.24) is 19.9 Å². The van der Waals surface area contributed by atoms with Gasteiger partial charge >= 0.3 is 0 Å². The highest BCUT2D eigenvalue weighted by Crippen LogP contribution is 2.32. The summed E-state index contributed by atoms with van der Waals surface area (Å²) in [7, 11) is 0. The van der Waals surface area contributed by atoms with Gasteiger partial charge in [-0.2, -0.15) is 4.98 Å². The molecule has 5 heterocycles. The molecule has 2 fully saturated rings. The van der Waals surface area contributed by atoms with Gasteiger partial charge in [0.1, 0.15) is 23.8 Å². The van der Waals surface area contributed by atoms with E-state index in [9.17, 15) is 0 Å². The molecule has 1 saturated heterocycles. The molecular formula is C24H26N6O3. The topological polar surface area (TPSA) is 98.4 Å². The summed E-state index contributed by atoms with van der Waals surface area (Å²) in [6.07, 6.45) is 8.99. The molecule has 0 aromatic carbocycles. The number of anilines is 2. The van der Waals surface area contributed by atoms with Gasteiger partial charge in [0, 0.05) is 37.5 Å². The Kier molecular flexibility index (Phi) is 5.39. The Morgan fingerprint density at radius 2 is 1.88 bits per heavy atom. The van der Waals surface area contributed by atoms with Crippen molar-refractivity contribution in [1.29, 1.82) is 0 Å². The lowest BCUT2D eigenvalue weighted by atomic mass is 9.93. The van der Waals surface area contributed by atoms with Crippen molar-refractivity contribution in [2.45, 2.75) is 37.8 Å². The second kappa shape index (κ2) is 8.82. The molecule has 0 bridgehead atoms. The number of ether oxygens (including phenoxy) is 2. The van der Waals surface area contributed by atoms with E-state index in [4.69, 9.17) is 18.9 Å². The van der Waals surface area contributed by atoms with Crippen LogP contribution in [0, 0.1) is 0 Å². The molecule has 33 heavy (non-hydrogen) atoms. The Labute approximate surface area is 191 Å². The van der Waals surface area contributed by atoms with E-state index in [1.165, 1.54) is 0 Å². The normalized spacial score (nSPS) is 21.4. The minimum atomic E-state index is 0.118. The van der Waals surface area contributed by atoms with Crippen molar-refractivity contribution in [3.63, 3.8) is 0 Å². The van der Waals surface area contributed by atoms with Crippen LogP contribution in [0.15, 0.2) is 47.5 Å². The smallest absolute Gasteiger partial charge is 0.225 e. The van der Waals surface area contributed by atoms with Crippen LogP contribution in [0.25, 0.3) is 22.0 Å². The van der Waals surface area contributed by atoms with Gasteiger partial charge in [0.15, 0.2) is 11.4 Å². The predicted molar refractivity (Wildman–Crippen MR) is 125 cm³/mol. The number of aromatic nitrogens is 4. The van der Waals surface area contributed by atoms with Gasteiger partial charge < -0.3 is 24.1 Å². The standard InChI is InChI=1S/C24H26N6O3/c1-2-18-20(25-8-1)14-21(30-9-12-31-13-10-30)29-24(18)33-17-5-3-16(4-6-17)28-23-22-19(7-11-32-22)26-15-27-23/h1-2,7-8,11,14-17H,3-6,9-10,12-13H2,(H,26,27,28). The number of rotatable bonds is 5. The third-order valence-electron chi connectivity index (χ3n) is 6.42. The molecule has 0 radical (unpaired) electrons. The van der Waals surface area contributed by atoms with E-state index < -0.39 is 0 Å². The van der Waals surface area contributed by atoms with E-state index >= 15 is 0 Å². The highest BCUT2D eigenvalue weighted by Gasteiger charge is 2.25. The van der Waals surface area contributed by atoms with Crippen LogP contribution in [0.4, 0.5) is 11.6 Å². The van der Waals surface area contributed by atoms with Crippen molar-refractivity contribution >= 4 is 33.6 Å². The number of nitrogens with one attached hydrogen (secondary N) is 1. The summed E-state index contributed by atoms with van der Waals surface area (Å²) in [5.41, 5.74) is 2.43. The molecule has 2 aliphatic rings. The van der Waals surface area contributed by atoms with Gasteiger partial charge in [-0.15, -0.1) is 0 Å². The number of hydrogen-bond donors (Lipinski definition) is 1. The van der Waals surface area contributed by atoms with Gasteiger partial charge in [-0.25, -0.2) is 9.97 Å². The van der Waals surface area contributed by atoms with Crippen LogP contribution in [-0.2, 0) is 4.74 Å². The maximum absolute atomic E-state index is 6.48. The summed E-state index contributed by atoms with van der Waals surface area (Å²) in [6.45, 7) is 3.08. The molecular weight excluding hydrogens is 420 g/mol. The molecule has 1 saturated carbocycles. The van der Waals surface area contributed by atoms with E-state index in [0.29, 0.717) is 30.7 Å². The van der Waals surface area contributed by atoms with Crippen LogP contribution in [0.3, 0.4) is 0 Å². The molecule has 1 N–H and O–H groups in total. The van der Waals surface area contributed by atoms with Crippen LogP contribution < -0.4 is 15.0 Å². The summed E-state index contributed by atoms with van der Waals surface area (Å²) in [6, 6.07) is 8.18. The van der Waals surface area contributed by atoms with Crippen LogP contribution in [0.1, 0.15) is 25.7 Å². The van der Waals surface area contributed by atoms with Crippen molar-refractivity contribution in [2.24, 2.45) is 0 Å². The summed E-state index contributed by atoms with van der Waals surface area (Å²) >= 11 is 0. The number of morpholine rings is 1. The minimum absolute atomic E-state index is 0.118. The lowest BCUT2D eigenvalue weighted by Gasteiger charge is -2.31. The number of pyridine rings is 2. The molecule has 0 atom stereocenters. The first-order chi connectivity index (χ1) is 16.3. The minimum Gasteiger partial charge on any atom is -0.474 e. The quantitative estimate of drug-likeness (QED) is 0.491. The van der Waals surface area contributed by atoms with Gasteiger partial charge in [-0.3, -0.25) is 4.98 Å². The maximum atomic E-state index is 6.48. The Morgan fingerprint density at radius 3 is 2.76 bits per heavy atom. The molecule has 0 amide bonds.